The summed E-state index contributed by atoms with van der Waals surface area (Å²) in [5.74, 6) is -2.08. The lowest BCUT2D eigenvalue weighted by molar-refractivity contribution is -0.384. The average Bonchev–Trinajstić information content (AvgIpc) is 2.56. The van der Waals surface area contributed by atoms with Crippen LogP contribution >= 0.6 is 0 Å². The summed E-state index contributed by atoms with van der Waals surface area (Å²) >= 11 is 0. The van der Waals surface area contributed by atoms with Gasteiger partial charge in [0.2, 0.25) is 0 Å². The minimum absolute atomic E-state index is 0.0123. The van der Waals surface area contributed by atoms with Gasteiger partial charge in [0, 0.05) is 23.5 Å². The normalized spacial score (nSPS) is 11.4. The molecule has 0 unspecified atom stereocenters. The second kappa shape index (κ2) is 7.39. The molecule has 1 atom stereocenters. The molecule has 0 bridgehead atoms. The SMILES string of the molecule is C[C@@H](OC(=O)c1cc([N+](=O)[O-])ccc1N)C(=O)Nc1ccc(F)cc1. The van der Waals surface area contributed by atoms with Crippen LogP contribution in [-0.4, -0.2) is 22.9 Å². The molecule has 0 radical (unpaired) electrons. The fourth-order valence-corrected chi connectivity index (χ4v) is 1.89. The number of nitro benzene ring substituents is 1. The topological polar surface area (TPSA) is 125 Å². The monoisotopic (exact) mass is 347 g/mol. The predicted octanol–water partition coefficient (Wildman–Crippen LogP) is 2.50. The first-order valence-corrected chi connectivity index (χ1v) is 7.09. The van der Waals surface area contributed by atoms with Crippen LogP contribution in [0.1, 0.15) is 17.3 Å². The van der Waals surface area contributed by atoms with Crippen molar-refractivity contribution in [1.29, 1.82) is 0 Å². The minimum atomic E-state index is -1.20. The molecule has 9 heteroatoms. The maximum atomic E-state index is 12.8. The molecule has 25 heavy (non-hydrogen) atoms. The molecular formula is C16H14FN3O5. The van der Waals surface area contributed by atoms with E-state index in [1.165, 1.54) is 25.1 Å². The molecule has 3 N–H and O–H groups in total. The van der Waals surface area contributed by atoms with Crippen LogP contribution in [0.3, 0.4) is 0 Å². The number of nitro groups is 1. The largest absolute Gasteiger partial charge is 0.449 e. The summed E-state index contributed by atoms with van der Waals surface area (Å²) < 4.78 is 17.8. The Balaban J connectivity index is 2.06. The van der Waals surface area contributed by atoms with Gasteiger partial charge in [0.1, 0.15) is 5.82 Å². The Bertz CT molecular complexity index is 823. The number of nitrogen functional groups attached to an aromatic ring is 1. The lowest BCUT2D eigenvalue weighted by Crippen LogP contribution is -2.30. The van der Waals surface area contributed by atoms with E-state index in [-0.39, 0.29) is 16.9 Å². The number of hydrogen-bond acceptors (Lipinski definition) is 6. The maximum absolute atomic E-state index is 12.8. The van der Waals surface area contributed by atoms with Crippen LogP contribution in [0.2, 0.25) is 0 Å². The molecule has 8 nitrogen and oxygen atoms in total. The molecule has 0 aliphatic carbocycles. The summed E-state index contributed by atoms with van der Waals surface area (Å²) in [7, 11) is 0. The molecule has 130 valence electrons. The fourth-order valence-electron chi connectivity index (χ4n) is 1.89. The van der Waals surface area contributed by atoms with Crippen molar-refractivity contribution in [2.75, 3.05) is 11.1 Å². The van der Waals surface area contributed by atoms with Gasteiger partial charge in [-0.1, -0.05) is 0 Å². The number of nitrogens with two attached hydrogens (primary N) is 1. The maximum Gasteiger partial charge on any atom is 0.341 e. The smallest absolute Gasteiger partial charge is 0.341 e. The number of anilines is 2. The molecule has 0 spiro atoms. The van der Waals surface area contributed by atoms with Crippen LogP contribution in [0, 0.1) is 15.9 Å². The van der Waals surface area contributed by atoms with Gasteiger partial charge in [0.05, 0.1) is 10.5 Å². The van der Waals surface area contributed by atoms with Crippen molar-refractivity contribution >= 4 is 28.9 Å². The van der Waals surface area contributed by atoms with Crippen LogP contribution in [0.5, 0.6) is 0 Å². The highest BCUT2D eigenvalue weighted by Crippen LogP contribution is 2.21. The molecule has 0 saturated heterocycles. The van der Waals surface area contributed by atoms with Gasteiger partial charge >= 0.3 is 5.97 Å². The third-order valence-electron chi connectivity index (χ3n) is 3.23. The molecule has 0 aliphatic rings. The minimum Gasteiger partial charge on any atom is -0.449 e. The van der Waals surface area contributed by atoms with E-state index in [0.717, 1.165) is 24.3 Å². The average molecular weight is 347 g/mol. The van der Waals surface area contributed by atoms with Crippen molar-refractivity contribution < 1.29 is 23.6 Å². The van der Waals surface area contributed by atoms with Gasteiger partial charge in [-0.15, -0.1) is 0 Å². The van der Waals surface area contributed by atoms with Crippen LogP contribution in [0.25, 0.3) is 0 Å². The van der Waals surface area contributed by atoms with Crippen molar-refractivity contribution in [3.63, 3.8) is 0 Å². The predicted molar refractivity (Wildman–Crippen MR) is 87.4 cm³/mol. The number of amides is 1. The van der Waals surface area contributed by atoms with Crippen molar-refractivity contribution in [1.82, 2.24) is 0 Å². The summed E-state index contributed by atoms with van der Waals surface area (Å²) in [6.07, 6.45) is -1.20. The standard InChI is InChI=1S/C16H14FN3O5/c1-9(15(21)19-11-4-2-10(17)3-5-11)25-16(22)13-8-12(20(23)24)6-7-14(13)18/h2-9H,18H2,1H3,(H,19,21)/t9-/m1/s1. The zero-order valence-corrected chi connectivity index (χ0v) is 13.1. The van der Waals surface area contributed by atoms with Crippen LogP contribution in [-0.2, 0) is 9.53 Å². The van der Waals surface area contributed by atoms with E-state index >= 15 is 0 Å². The van der Waals surface area contributed by atoms with Crippen molar-refractivity contribution in [3.8, 4) is 0 Å². The molecule has 2 aromatic carbocycles. The van der Waals surface area contributed by atoms with Crippen LogP contribution < -0.4 is 11.1 Å². The third-order valence-corrected chi connectivity index (χ3v) is 3.23. The Morgan fingerprint density at radius 1 is 1.24 bits per heavy atom. The molecule has 2 aromatic rings. The lowest BCUT2D eigenvalue weighted by Gasteiger charge is -2.14. The number of benzene rings is 2. The van der Waals surface area contributed by atoms with Gasteiger partial charge in [0.25, 0.3) is 11.6 Å². The van der Waals surface area contributed by atoms with Gasteiger partial charge in [0.15, 0.2) is 6.10 Å². The molecular weight excluding hydrogens is 333 g/mol. The van der Waals surface area contributed by atoms with E-state index in [0.29, 0.717) is 5.69 Å². The number of hydrogen-bond donors (Lipinski definition) is 2. The summed E-state index contributed by atoms with van der Waals surface area (Å²) in [4.78, 5) is 34.2. The van der Waals surface area contributed by atoms with E-state index in [2.05, 4.69) is 5.32 Å². The molecule has 2 rings (SSSR count). The second-order valence-corrected chi connectivity index (χ2v) is 5.07. The third kappa shape index (κ3) is 4.50. The number of carbonyl (C=O) groups excluding carboxylic acids is 2. The zero-order valence-electron chi connectivity index (χ0n) is 13.1. The van der Waals surface area contributed by atoms with Crippen molar-refractivity contribution in [2.24, 2.45) is 0 Å². The van der Waals surface area contributed by atoms with Crippen molar-refractivity contribution in [3.05, 3.63) is 64.0 Å². The van der Waals surface area contributed by atoms with Gasteiger partial charge in [-0.2, -0.15) is 0 Å². The molecule has 0 saturated carbocycles. The molecule has 0 aromatic heterocycles. The van der Waals surface area contributed by atoms with Gasteiger partial charge in [-0.3, -0.25) is 14.9 Å². The van der Waals surface area contributed by atoms with E-state index in [1.807, 2.05) is 0 Å². The molecule has 0 fully saturated rings. The fraction of sp³-hybridized carbons (Fsp3) is 0.125. The summed E-state index contributed by atoms with van der Waals surface area (Å²) in [5.41, 5.74) is 5.39. The first-order valence-electron chi connectivity index (χ1n) is 7.09. The highest BCUT2D eigenvalue weighted by atomic mass is 19.1. The Morgan fingerprint density at radius 2 is 1.88 bits per heavy atom. The number of carbonyl (C=O) groups is 2. The molecule has 0 heterocycles. The van der Waals surface area contributed by atoms with E-state index in [1.54, 1.807) is 0 Å². The number of halogens is 1. The number of nitrogens with one attached hydrogen (secondary N) is 1. The number of esters is 1. The highest BCUT2D eigenvalue weighted by Gasteiger charge is 2.22. The first kappa shape index (κ1) is 17.9. The molecule has 1 amide bonds. The Hall–Kier alpha value is -3.49. The summed E-state index contributed by atoms with van der Waals surface area (Å²) in [5, 5.41) is 13.2. The van der Waals surface area contributed by atoms with Crippen molar-refractivity contribution in [2.45, 2.75) is 13.0 Å². The number of non-ortho nitro benzene ring substituents is 1. The van der Waals surface area contributed by atoms with Gasteiger partial charge in [-0.25, -0.2) is 9.18 Å². The van der Waals surface area contributed by atoms with Crippen LogP contribution in [0.4, 0.5) is 21.5 Å². The summed E-state index contributed by atoms with van der Waals surface area (Å²) in [6.45, 7) is 1.32. The first-order chi connectivity index (χ1) is 11.8. The summed E-state index contributed by atoms with van der Waals surface area (Å²) in [6, 6.07) is 8.35. The van der Waals surface area contributed by atoms with Gasteiger partial charge < -0.3 is 15.8 Å². The van der Waals surface area contributed by atoms with Crippen LogP contribution in [0.15, 0.2) is 42.5 Å². The second-order valence-electron chi connectivity index (χ2n) is 5.07. The lowest BCUT2D eigenvalue weighted by atomic mass is 10.1. The number of ether oxygens (including phenoxy) is 1. The Morgan fingerprint density at radius 3 is 2.48 bits per heavy atom. The zero-order chi connectivity index (χ0) is 18.6. The Labute approximate surface area is 141 Å². The highest BCUT2D eigenvalue weighted by molar-refractivity contribution is 5.99. The van der Waals surface area contributed by atoms with E-state index < -0.39 is 28.7 Å². The Kier molecular flexibility index (Phi) is 5.28. The van der Waals surface area contributed by atoms with E-state index in [4.69, 9.17) is 10.5 Å². The number of rotatable bonds is 5. The number of nitrogens with zero attached hydrogens (tertiary/aromatic N) is 1. The quantitative estimate of drug-likeness (QED) is 0.370. The van der Waals surface area contributed by atoms with E-state index in [9.17, 15) is 24.1 Å². The van der Waals surface area contributed by atoms with Gasteiger partial charge in [-0.05, 0) is 37.3 Å². The molecule has 0 aliphatic heterocycles.